The zero-order valence-electron chi connectivity index (χ0n) is 12.3. The molecule has 2 aliphatic rings. The van der Waals surface area contributed by atoms with Gasteiger partial charge in [0.2, 0.25) is 5.91 Å². The Balaban J connectivity index is 1.62. The highest BCUT2D eigenvalue weighted by molar-refractivity contribution is 5.83. The van der Waals surface area contributed by atoms with E-state index in [1.54, 1.807) is 12.1 Å². The van der Waals surface area contributed by atoms with Crippen LogP contribution in [-0.2, 0) is 4.79 Å². The van der Waals surface area contributed by atoms with Gasteiger partial charge in [-0.2, -0.15) is 0 Å². The summed E-state index contributed by atoms with van der Waals surface area (Å²) in [6.45, 7) is 4.63. The van der Waals surface area contributed by atoms with Crippen molar-refractivity contribution in [3.63, 3.8) is 0 Å². The second kappa shape index (κ2) is 5.98. The topological polar surface area (TPSA) is 23.6 Å². The van der Waals surface area contributed by atoms with Crippen LogP contribution in [0.4, 0.5) is 4.39 Å². The van der Waals surface area contributed by atoms with E-state index in [1.165, 1.54) is 12.1 Å². The molecule has 2 saturated heterocycles. The molecule has 0 radical (unpaired) electrons. The summed E-state index contributed by atoms with van der Waals surface area (Å²) in [6.07, 6.45) is 6.29. The molecular formula is C17H21FN2O. The third-order valence-corrected chi connectivity index (χ3v) is 4.53. The number of benzene rings is 1. The average Bonchev–Trinajstić information content (AvgIpc) is 2.95. The summed E-state index contributed by atoms with van der Waals surface area (Å²) >= 11 is 0. The van der Waals surface area contributed by atoms with E-state index in [0.29, 0.717) is 6.04 Å². The van der Waals surface area contributed by atoms with Gasteiger partial charge < -0.3 is 4.90 Å². The molecule has 2 fully saturated rings. The monoisotopic (exact) mass is 288 g/mol. The molecule has 2 aliphatic heterocycles. The maximum Gasteiger partial charge on any atom is 0.239 e. The summed E-state index contributed by atoms with van der Waals surface area (Å²) in [5.74, 6) is 0.0441. The van der Waals surface area contributed by atoms with E-state index in [2.05, 4.69) is 11.0 Å². The zero-order chi connectivity index (χ0) is 14.8. The molecule has 1 amide bonds. The Labute approximate surface area is 125 Å². The summed E-state index contributed by atoms with van der Waals surface area (Å²) < 4.78 is 12.8. The summed E-state index contributed by atoms with van der Waals surface area (Å²) in [4.78, 5) is 16.6. The highest BCUT2D eigenvalue weighted by atomic mass is 19.1. The van der Waals surface area contributed by atoms with Gasteiger partial charge in [0.1, 0.15) is 5.82 Å². The van der Waals surface area contributed by atoms with Crippen molar-refractivity contribution in [2.24, 2.45) is 0 Å². The lowest BCUT2D eigenvalue weighted by Crippen LogP contribution is -2.58. The lowest BCUT2D eigenvalue weighted by atomic mass is 10.1. The van der Waals surface area contributed by atoms with Crippen LogP contribution in [0.1, 0.15) is 25.3 Å². The Hall–Kier alpha value is -1.68. The van der Waals surface area contributed by atoms with Crippen LogP contribution in [0.5, 0.6) is 0 Å². The van der Waals surface area contributed by atoms with Crippen molar-refractivity contribution in [1.29, 1.82) is 0 Å². The number of fused-ring (bicyclic) bond motifs is 1. The second-order valence-electron chi connectivity index (χ2n) is 5.91. The fraction of sp³-hybridized carbons (Fsp3) is 0.471. The standard InChI is InChI=1S/C17H21FN2O/c1-13-17(21)20-11-3-5-16(20)12-19(13)10-2-4-14-6-8-15(18)9-7-14/h2,4,6-9,13,16H,3,5,10-12H2,1H3/b4-2+/t13-,16+/m0/s1. The van der Waals surface area contributed by atoms with Gasteiger partial charge in [0.15, 0.2) is 0 Å². The van der Waals surface area contributed by atoms with E-state index in [1.807, 2.05) is 17.9 Å². The molecule has 4 heteroatoms. The third kappa shape index (κ3) is 3.00. The average molecular weight is 288 g/mol. The molecule has 2 heterocycles. The Morgan fingerprint density at radius 1 is 1.33 bits per heavy atom. The normalized spacial score (nSPS) is 26.6. The molecule has 0 N–H and O–H groups in total. The van der Waals surface area contributed by atoms with Gasteiger partial charge >= 0.3 is 0 Å². The number of hydrogen-bond donors (Lipinski definition) is 0. The molecule has 0 unspecified atom stereocenters. The largest absolute Gasteiger partial charge is 0.337 e. The summed E-state index contributed by atoms with van der Waals surface area (Å²) in [7, 11) is 0. The third-order valence-electron chi connectivity index (χ3n) is 4.53. The van der Waals surface area contributed by atoms with Gasteiger partial charge in [-0.25, -0.2) is 4.39 Å². The van der Waals surface area contributed by atoms with Crippen molar-refractivity contribution in [2.45, 2.75) is 31.8 Å². The Morgan fingerprint density at radius 3 is 2.86 bits per heavy atom. The van der Waals surface area contributed by atoms with Crippen LogP contribution in [0.25, 0.3) is 6.08 Å². The first-order chi connectivity index (χ1) is 10.1. The molecule has 3 rings (SSSR count). The van der Waals surface area contributed by atoms with Crippen molar-refractivity contribution < 1.29 is 9.18 Å². The molecule has 3 nitrogen and oxygen atoms in total. The van der Waals surface area contributed by atoms with Crippen LogP contribution in [0.3, 0.4) is 0 Å². The van der Waals surface area contributed by atoms with Crippen molar-refractivity contribution in [2.75, 3.05) is 19.6 Å². The number of piperazine rings is 1. The fourth-order valence-corrected chi connectivity index (χ4v) is 3.27. The van der Waals surface area contributed by atoms with Gasteiger partial charge in [-0.15, -0.1) is 0 Å². The first kappa shape index (κ1) is 14.3. The van der Waals surface area contributed by atoms with E-state index in [4.69, 9.17) is 0 Å². The number of carbonyl (C=O) groups is 1. The molecular weight excluding hydrogens is 267 g/mol. The highest BCUT2D eigenvalue weighted by Crippen LogP contribution is 2.25. The number of hydrogen-bond acceptors (Lipinski definition) is 2. The molecule has 0 spiro atoms. The minimum absolute atomic E-state index is 0.0442. The van der Waals surface area contributed by atoms with Crippen molar-refractivity contribution in [1.82, 2.24) is 9.80 Å². The van der Waals surface area contributed by atoms with Crippen LogP contribution in [0.15, 0.2) is 30.3 Å². The van der Waals surface area contributed by atoms with E-state index in [9.17, 15) is 9.18 Å². The quantitative estimate of drug-likeness (QED) is 0.853. The minimum Gasteiger partial charge on any atom is -0.337 e. The fourth-order valence-electron chi connectivity index (χ4n) is 3.27. The number of rotatable bonds is 3. The molecule has 1 aromatic rings. The van der Waals surface area contributed by atoms with Gasteiger partial charge in [0.25, 0.3) is 0 Å². The molecule has 21 heavy (non-hydrogen) atoms. The van der Waals surface area contributed by atoms with Gasteiger partial charge in [0, 0.05) is 25.7 Å². The lowest BCUT2D eigenvalue weighted by molar-refractivity contribution is -0.142. The Kier molecular flexibility index (Phi) is 4.06. The SMILES string of the molecule is C[C@H]1C(=O)N2CCC[C@@H]2CN1C/C=C/c1ccc(F)cc1. The van der Waals surface area contributed by atoms with Crippen molar-refractivity contribution >= 4 is 12.0 Å². The predicted octanol–water partition coefficient (Wildman–Crippen LogP) is 2.53. The number of carbonyl (C=O) groups excluding carboxylic acids is 1. The van der Waals surface area contributed by atoms with Gasteiger partial charge in [0.05, 0.1) is 6.04 Å². The maximum absolute atomic E-state index is 12.8. The van der Waals surface area contributed by atoms with Crippen molar-refractivity contribution in [3.8, 4) is 0 Å². The number of nitrogens with zero attached hydrogens (tertiary/aromatic N) is 2. The molecule has 0 aromatic heterocycles. The molecule has 0 bridgehead atoms. The van der Waals surface area contributed by atoms with Crippen molar-refractivity contribution in [3.05, 3.63) is 41.7 Å². The minimum atomic E-state index is -0.219. The maximum atomic E-state index is 12.8. The molecule has 1 aromatic carbocycles. The van der Waals surface area contributed by atoms with Gasteiger partial charge in [-0.1, -0.05) is 24.3 Å². The summed E-state index contributed by atoms with van der Waals surface area (Å²) in [5, 5.41) is 0. The first-order valence-corrected chi connectivity index (χ1v) is 7.62. The highest BCUT2D eigenvalue weighted by Gasteiger charge is 2.39. The Morgan fingerprint density at radius 2 is 2.10 bits per heavy atom. The van der Waals surface area contributed by atoms with E-state index in [0.717, 1.165) is 38.0 Å². The number of amides is 1. The molecule has 112 valence electrons. The smallest absolute Gasteiger partial charge is 0.239 e. The van der Waals surface area contributed by atoms with Gasteiger partial charge in [-0.3, -0.25) is 9.69 Å². The van der Waals surface area contributed by atoms with Gasteiger partial charge in [-0.05, 0) is 37.5 Å². The van der Waals surface area contributed by atoms with Crippen LogP contribution in [0, 0.1) is 5.82 Å². The summed E-state index contributed by atoms with van der Waals surface area (Å²) in [6, 6.07) is 6.79. The van der Waals surface area contributed by atoms with Crippen LogP contribution >= 0.6 is 0 Å². The first-order valence-electron chi connectivity index (χ1n) is 7.62. The van der Waals surface area contributed by atoms with Crippen LogP contribution in [-0.4, -0.2) is 47.4 Å². The van der Waals surface area contributed by atoms with E-state index in [-0.39, 0.29) is 17.8 Å². The van der Waals surface area contributed by atoms with E-state index >= 15 is 0 Å². The van der Waals surface area contributed by atoms with Crippen LogP contribution < -0.4 is 0 Å². The number of halogens is 1. The Bertz CT molecular complexity index is 540. The molecule has 0 aliphatic carbocycles. The summed E-state index contributed by atoms with van der Waals surface area (Å²) in [5.41, 5.74) is 0.981. The van der Waals surface area contributed by atoms with E-state index < -0.39 is 0 Å². The predicted molar refractivity (Wildman–Crippen MR) is 81.2 cm³/mol. The molecule has 2 atom stereocenters. The molecule has 0 saturated carbocycles. The van der Waals surface area contributed by atoms with Crippen LogP contribution in [0.2, 0.25) is 0 Å². The lowest BCUT2D eigenvalue weighted by Gasteiger charge is -2.41. The zero-order valence-corrected chi connectivity index (χ0v) is 12.3. The second-order valence-corrected chi connectivity index (χ2v) is 5.91.